The highest BCUT2D eigenvalue weighted by Crippen LogP contribution is 2.10. The van der Waals surface area contributed by atoms with Crippen LogP contribution in [-0.2, 0) is 17.8 Å². The fraction of sp³-hybridized carbons (Fsp3) is 0.409. The molecule has 5 heteroatoms. The lowest BCUT2D eigenvalue weighted by atomic mass is 10.1. The molecule has 2 aromatic carbocycles. The second kappa shape index (κ2) is 10.1. The molecule has 0 spiro atoms. The maximum Gasteiger partial charge on any atom is 0.275 e. The number of hydrogen-bond acceptors (Lipinski definition) is 2. The summed E-state index contributed by atoms with van der Waals surface area (Å²) in [5, 5.41) is 3.06. The summed E-state index contributed by atoms with van der Waals surface area (Å²) in [5.74, 6) is 1.07. The van der Waals surface area contributed by atoms with Crippen LogP contribution in [0, 0.1) is 0 Å². The predicted octanol–water partition coefficient (Wildman–Crippen LogP) is -0.662. The molecule has 27 heavy (non-hydrogen) atoms. The molecule has 5 nitrogen and oxygen atoms in total. The van der Waals surface area contributed by atoms with E-state index in [2.05, 4.69) is 29.6 Å². The number of rotatable bonds is 8. The van der Waals surface area contributed by atoms with Gasteiger partial charge < -0.3 is 19.9 Å². The van der Waals surface area contributed by atoms with Gasteiger partial charge in [-0.15, -0.1) is 0 Å². The number of methoxy groups -OCH3 is 1. The third kappa shape index (κ3) is 6.38. The SMILES string of the molecule is COc1ccc(C[NH+]2CC[NH+](CC(=O)NCCc3ccccc3)CC2)cc1. The van der Waals surface area contributed by atoms with Gasteiger partial charge in [0.05, 0.1) is 7.11 Å². The fourth-order valence-corrected chi connectivity index (χ4v) is 3.62. The van der Waals surface area contributed by atoms with Crippen molar-refractivity contribution in [3.8, 4) is 5.75 Å². The summed E-state index contributed by atoms with van der Waals surface area (Å²) in [7, 11) is 1.69. The Balaban J connectivity index is 1.33. The average molecular weight is 370 g/mol. The number of hydrogen-bond donors (Lipinski definition) is 3. The number of amides is 1. The van der Waals surface area contributed by atoms with Gasteiger partial charge in [-0.05, 0) is 36.2 Å². The van der Waals surface area contributed by atoms with Crippen LogP contribution >= 0.6 is 0 Å². The minimum Gasteiger partial charge on any atom is -0.497 e. The average Bonchev–Trinajstić information content (AvgIpc) is 2.71. The van der Waals surface area contributed by atoms with Crippen LogP contribution in [0.25, 0.3) is 0 Å². The second-order valence-corrected chi connectivity index (χ2v) is 7.29. The van der Waals surface area contributed by atoms with Gasteiger partial charge in [0.15, 0.2) is 6.54 Å². The predicted molar refractivity (Wildman–Crippen MR) is 106 cm³/mol. The highest BCUT2D eigenvalue weighted by Gasteiger charge is 2.24. The topological polar surface area (TPSA) is 47.2 Å². The van der Waals surface area contributed by atoms with Crippen molar-refractivity contribution in [3.63, 3.8) is 0 Å². The molecule has 1 aliphatic rings. The summed E-state index contributed by atoms with van der Waals surface area (Å²) in [6.45, 7) is 6.67. The molecule has 0 aliphatic carbocycles. The number of benzene rings is 2. The summed E-state index contributed by atoms with van der Waals surface area (Å²) in [6.07, 6.45) is 0.891. The third-order valence-electron chi connectivity index (χ3n) is 5.27. The molecule has 1 fully saturated rings. The maximum absolute atomic E-state index is 12.2. The largest absolute Gasteiger partial charge is 0.497 e. The number of piperazine rings is 1. The van der Waals surface area contributed by atoms with Gasteiger partial charge in [0, 0.05) is 12.1 Å². The Bertz CT molecular complexity index is 695. The molecular formula is C22H31N3O2+2. The van der Waals surface area contributed by atoms with Crippen molar-refractivity contribution in [2.75, 3.05) is 46.4 Å². The van der Waals surface area contributed by atoms with Crippen molar-refractivity contribution >= 4 is 5.91 Å². The fourth-order valence-electron chi connectivity index (χ4n) is 3.62. The third-order valence-corrected chi connectivity index (χ3v) is 5.27. The van der Waals surface area contributed by atoms with Crippen molar-refractivity contribution in [1.29, 1.82) is 0 Å². The van der Waals surface area contributed by atoms with Crippen molar-refractivity contribution < 1.29 is 19.3 Å². The summed E-state index contributed by atoms with van der Waals surface area (Å²) < 4.78 is 5.22. The van der Waals surface area contributed by atoms with Gasteiger partial charge in [-0.3, -0.25) is 4.79 Å². The van der Waals surface area contributed by atoms with E-state index in [1.165, 1.54) is 16.0 Å². The first-order chi connectivity index (χ1) is 13.2. The molecule has 0 bridgehead atoms. The smallest absolute Gasteiger partial charge is 0.275 e. The molecule has 0 aromatic heterocycles. The van der Waals surface area contributed by atoms with Crippen molar-refractivity contribution in [3.05, 3.63) is 65.7 Å². The van der Waals surface area contributed by atoms with Gasteiger partial charge >= 0.3 is 0 Å². The standard InChI is InChI=1S/C22H29N3O2/c1-27-21-9-7-20(8-10-21)17-24-13-15-25(16-14-24)18-22(26)23-12-11-19-5-3-2-4-6-19/h2-10H,11-18H2,1H3,(H,23,26)/p+2. The normalized spacial score (nSPS) is 19.4. The van der Waals surface area contributed by atoms with Gasteiger partial charge in [0.25, 0.3) is 5.91 Å². The van der Waals surface area contributed by atoms with Gasteiger partial charge in [-0.25, -0.2) is 0 Å². The van der Waals surface area contributed by atoms with E-state index in [0.717, 1.165) is 44.9 Å². The first-order valence-electron chi connectivity index (χ1n) is 9.83. The number of ether oxygens (including phenoxy) is 1. The number of carbonyl (C=O) groups excluding carboxylic acids is 1. The maximum atomic E-state index is 12.2. The highest BCUT2D eigenvalue weighted by molar-refractivity contribution is 5.76. The van der Waals surface area contributed by atoms with Crippen LogP contribution in [0.5, 0.6) is 5.75 Å². The van der Waals surface area contributed by atoms with Crippen LogP contribution in [0.15, 0.2) is 54.6 Å². The molecule has 3 N–H and O–H groups in total. The molecule has 144 valence electrons. The molecule has 1 aliphatic heterocycles. The molecule has 2 aromatic rings. The molecule has 1 saturated heterocycles. The van der Waals surface area contributed by atoms with Crippen molar-refractivity contribution in [1.82, 2.24) is 5.32 Å². The van der Waals surface area contributed by atoms with E-state index in [9.17, 15) is 4.79 Å². The summed E-state index contributed by atoms with van der Waals surface area (Å²) >= 11 is 0. The molecule has 0 atom stereocenters. The lowest BCUT2D eigenvalue weighted by Crippen LogP contribution is -3.28. The number of carbonyl (C=O) groups is 1. The van der Waals surface area contributed by atoms with Gasteiger partial charge in [-0.2, -0.15) is 0 Å². The van der Waals surface area contributed by atoms with E-state index in [-0.39, 0.29) is 5.91 Å². The first kappa shape index (κ1) is 19.4. The zero-order valence-electron chi connectivity index (χ0n) is 16.2. The molecular weight excluding hydrogens is 338 g/mol. The molecule has 0 radical (unpaired) electrons. The van der Waals surface area contributed by atoms with Gasteiger partial charge in [0.1, 0.15) is 38.5 Å². The summed E-state index contributed by atoms with van der Waals surface area (Å²) in [5.41, 5.74) is 2.61. The Morgan fingerprint density at radius 2 is 1.59 bits per heavy atom. The highest BCUT2D eigenvalue weighted by atomic mass is 16.5. The van der Waals surface area contributed by atoms with Crippen LogP contribution < -0.4 is 19.9 Å². The number of nitrogens with one attached hydrogen (secondary N) is 3. The minimum atomic E-state index is 0.166. The Kier molecular flexibility index (Phi) is 7.25. The molecule has 1 heterocycles. The molecule has 3 rings (SSSR count). The Morgan fingerprint density at radius 1 is 0.926 bits per heavy atom. The van der Waals surface area contributed by atoms with Crippen LogP contribution in [0.2, 0.25) is 0 Å². The molecule has 0 saturated carbocycles. The number of quaternary nitrogens is 2. The molecule has 1 amide bonds. The van der Waals surface area contributed by atoms with Gasteiger partial charge in [-0.1, -0.05) is 30.3 Å². The van der Waals surface area contributed by atoms with Crippen molar-refractivity contribution in [2.24, 2.45) is 0 Å². The van der Waals surface area contributed by atoms with E-state index < -0.39 is 0 Å². The zero-order chi connectivity index (χ0) is 18.9. The Hall–Kier alpha value is -2.37. The van der Waals surface area contributed by atoms with E-state index in [0.29, 0.717) is 13.1 Å². The molecule has 0 unspecified atom stereocenters. The quantitative estimate of drug-likeness (QED) is 0.579. The summed E-state index contributed by atoms with van der Waals surface area (Å²) in [4.78, 5) is 15.2. The van der Waals surface area contributed by atoms with Crippen LogP contribution in [0.4, 0.5) is 0 Å². The van der Waals surface area contributed by atoms with Crippen LogP contribution in [0.3, 0.4) is 0 Å². The van der Waals surface area contributed by atoms with Crippen molar-refractivity contribution in [2.45, 2.75) is 13.0 Å². The minimum absolute atomic E-state index is 0.166. The lowest BCUT2D eigenvalue weighted by Gasteiger charge is -2.29. The van der Waals surface area contributed by atoms with Crippen LogP contribution in [-0.4, -0.2) is 52.3 Å². The van der Waals surface area contributed by atoms with E-state index in [4.69, 9.17) is 4.74 Å². The van der Waals surface area contributed by atoms with Crippen LogP contribution in [0.1, 0.15) is 11.1 Å². The zero-order valence-corrected chi connectivity index (χ0v) is 16.2. The van der Waals surface area contributed by atoms with Gasteiger partial charge in [0.2, 0.25) is 0 Å². The second-order valence-electron chi connectivity index (χ2n) is 7.29. The van der Waals surface area contributed by atoms with E-state index >= 15 is 0 Å². The monoisotopic (exact) mass is 369 g/mol. The Morgan fingerprint density at radius 3 is 2.26 bits per heavy atom. The first-order valence-corrected chi connectivity index (χ1v) is 9.83. The van der Waals surface area contributed by atoms with E-state index in [1.54, 1.807) is 12.0 Å². The van der Waals surface area contributed by atoms with E-state index in [1.807, 2.05) is 30.3 Å². The Labute approximate surface area is 161 Å². The summed E-state index contributed by atoms with van der Waals surface area (Å²) in [6, 6.07) is 18.6. The lowest BCUT2D eigenvalue weighted by molar-refractivity contribution is -1.02.